The van der Waals surface area contributed by atoms with Crippen LogP contribution in [0.5, 0.6) is 0 Å². The lowest BCUT2D eigenvalue weighted by atomic mass is 10.1. The molecule has 29 heavy (non-hydrogen) atoms. The second-order valence-electron chi connectivity index (χ2n) is 6.84. The van der Waals surface area contributed by atoms with Gasteiger partial charge in [-0.1, -0.05) is 6.08 Å². The average Bonchev–Trinajstić information content (AvgIpc) is 3.24. The van der Waals surface area contributed by atoms with E-state index in [1.807, 2.05) is 31.5 Å². The fraction of sp³-hybridized carbons (Fsp3) is 0.286. The number of rotatable bonds is 7. The molecule has 1 aliphatic heterocycles. The smallest absolute Gasteiger partial charge is 0.257 e. The molecule has 3 rings (SSSR count). The molecule has 2 aromatic rings. The molecular formula is C21H27N6OP. The van der Waals surface area contributed by atoms with Gasteiger partial charge in [0, 0.05) is 55.1 Å². The van der Waals surface area contributed by atoms with E-state index >= 15 is 0 Å². The number of carbonyl (C=O) groups excluding carboxylic acids is 1. The molecule has 0 aliphatic carbocycles. The Morgan fingerprint density at radius 3 is 2.76 bits per heavy atom. The molecule has 0 radical (unpaired) electrons. The molecule has 1 amide bonds. The van der Waals surface area contributed by atoms with Crippen LogP contribution in [0.3, 0.4) is 0 Å². The summed E-state index contributed by atoms with van der Waals surface area (Å²) in [5.74, 6) is 0.731. The Labute approximate surface area is 173 Å². The number of pyridine rings is 1. The number of carbonyl (C=O) groups is 1. The minimum Gasteiger partial charge on any atom is -0.399 e. The normalized spacial score (nSPS) is 14.1. The molecule has 152 valence electrons. The van der Waals surface area contributed by atoms with Gasteiger partial charge in [-0.2, -0.15) is 5.10 Å². The minimum absolute atomic E-state index is 0.199. The number of hydrazone groups is 1. The molecular weight excluding hydrogens is 383 g/mol. The number of nitrogens with two attached hydrogens (primary N) is 1. The third-order valence-electron chi connectivity index (χ3n) is 4.61. The Morgan fingerprint density at radius 2 is 2.07 bits per heavy atom. The van der Waals surface area contributed by atoms with Crippen molar-refractivity contribution in [3.05, 3.63) is 59.9 Å². The first-order chi connectivity index (χ1) is 14.1. The number of nitrogens with zero attached hydrogens (tertiary/aromatic N) is 4. The van der Waals surface area contributed by atoms with E-state index in [1.165, 1.54) is 0 Å². The van der Waals surface area contributed by atoms with Gasteiger partial charge >= 0.3 is 0 Å². The number of amides is 1. The summed E-state index contributed by atoms with van der Waals surface area (Å²) in [4.78, 5) is 19.6. The number of benzene rings is 1. The number of aromatic nitrogens is 1. The van der Waals surface area contributed by atoms with Crippen molar-refractivity contribution in [3.8, 4) is 0 Å². The van der Waals surface area contributed by atoms with Crippen LogP contribution in [0.1, 0.15) is 35.7 Å². The molecule has 1 unspecified atom stereocenters. The van der Waals surface area contributed by atoms with Gasteiger partial charge in [0.25, 0.3) is 5.91 Å². The number of nitrogen functional groups attached to an aromatic ring is 1. The first-order valence-electron chi connectivity index (χ1n) is 9.67. The van der Waals surface area contributed by atoms with E-state index in [4.69, 9.17) is 5.73 Å². The van der Waals surface area contributed by atoms with Crippen molar-refractivity contribution >= 4 is 38.7 Å². The maximum absolute atomic E-state index is 12.7. The monoisotopic (exact) mass is 410 g/mol. The maximum Gasteiger partial charge on any atom is 0.257 e. The molecule has 1 atom stereocenters. The number of hydrogen-bond acceptors (Lipinski definition) is 6. The zero-order chi connectivity index (χ0) is 20.6. The molecule has 3 N–H and O–H groups in total. The Morgan fingerprint density at radius 1 is 1.34 bits per heavy atom. The first kappa shape index (κ1) is 20.8. The van der Waals surface area contributed by atoms with Crippen LogP contribution in [-0.2, 0) is 6.42 Å². The van der Waals surface area contributed by atoms with E-state index in [1.54, 1.807) is 35.2 Å². The highest BCUT2D eigenvalue weighted by atomic mass is 31.0. The Balaban J connectivity index is 1.80. The zero-order valence-electron chi connectivity index (χ0n) is 16.6. The number of nitrogens with one attached hydrogen (secondary N) is 1. The minimum atomic E-state index is -0.199. The largest absolute Gasteiger partial charge is 0.399 e. The Kier molecular flexibility index (Phi) is 7.19. The van der Waals surface area contributed by atoms with Crippen LogP contribution >= 0.6 is 9.39 Å². The summed E-state index contributed by atoms with van der Waals surface area (Å²) in [7, 11) is 2.52. The van der Waals surface area contributed by atoms with Crippen LogP contribution < -0.4 is 16.0 Å². The molecule has 1 saturated heterocycles. The summed E-state index contributed by atoms with van der Waals surface area (Å²) in [5, 5.41) is 7.24. The van der Waals surface area contributed by atoms with Gasteiger partial charge in [0.1, 0.15) is 5.82 Å². The van der Waals surface area contributed by atoms with E-state index in [0.29, 0.717) is 23.4 Å². The SMILES string of the molecule is C/C=C\N(P)/N=C\Cc1cc(C(=O)Nc2ccc(N)cc2)cnc1N1CCCC1. The van der Waals surface area contributed by atoms with Gasteiger partial charge in [0.05, 0.1) is 5.56 Å². The number of hydrogen-bond donors (Lipinski definition) is 2. The van der Waals surface area contributed by atoms with Crippen molar-refractivity contribution in [1.29, 1.82) is 0 Å². The third kappa shape index (κ3) is 5.78. The average molecular weight is 410 g/mol. The molecule has 0 bridgehead atoms. The van der Waals surface area contributed by atoms with E-state index in [0.717, 1.165) is 37.3 Å². The van der Waals surface area contributed by atoms with Crippen molar-refractivity contribution in [2.75, 3.05) is 29.0 Å². The van der Waals surface area contributed by atoms with E-state index < -0.39 is 0 Å². The quantitative estimate of drug-likeness (QED) is 0.315. The highest BCUT2D eigenvalue weighted by molar-refractivity contribution is 7.13. The van der Waals surface area contributed by atoms with Crippen molar-refractivity contribution in [2.45, 2.75) is 26.2 Å². The molecule has 8 heteroatoms. The summed E-state index contributed by atoms with van der Waals surface area (Å²) in [6.45, 7) is 3.91. The highest BCUT2D eigenvalue weighted by Gasteiger charge is 2.18. The number of anilines is 3. The van der Waals surface area contributed by atoms with E-state index in [2.05, 4.69) is 29.7 Å². The number of allylic oxidation sites excluding steroid dienone is 1. The fourth-order valence-corrected chi connectivity index (χ4v) is 3.45. The Bertz CT molecular complexity index is 891. The van der Waals surface area contributed by atoms with Crippen LogP contribution in [0.4, 0.5) is 17.2 Å². The molecule has 1 aromatic heterocycles. The molecule has 1 fully saturated rings. The molecule has 7 nitrogen and oxygen atoms in total. The topological polar surface area (TPSA) is 86.8 Å². The zero-order valence-corrected chi connectivity index (χ0v) is 17.7. The van der Waals surface area contributed by atoms with Crippen molar-refractivity contribution in [3.63, 3.8) is 0 Å². The van der Waals surface area contributed by atoms with Crippen LogP contribution in [0.2, 0.25) is 0 Å². The summed E-state index contributed by atoms with van der Waals surface area (Å²) in [5.41, 5.74) is 8.56. The lowest BCUT2D eigenvalue weighted by molar-refractivity contribution is 0.102. The molecule has 0 saturated carbocycles. The lowest BCUT2D eigenvalue weighted by Gasteiger charge is -2.20. The first-order valence-corrected chi connectivity index (χ1v) is 10.2. The van der Waals surface area contributed by atoms with Gasteiger partial charge in [-0.15, -0.1) is 0 Å². The maximum atomic E-state index is 12.7. The van der Waals surface area contributed by atoms with Crippen molar-refractivity contribution < 1.29 is 4.79 Å². The van der Waals surface area contributed by atoms with Gasteiger partial charge in [-0.25, -0.2) is 4.98 Å². The summed E-state index contributed by atoms with van der Waals surface area (Å²) >= 11 is 0. The summed E-state index contributed by atoms with van der Waals surface area (Å²) in [6, 6.07) is 8.97. The second-order valence-corrected chi connectivity index (χ2v) is 7.37. The summed E-state index contributed by atoms with van der Waals surface area (Å²) < 4.78 is 1.67. The fourth-order valence-electron chi connectivity index (χ4n) is 3.19. The molecule has 2 heterocycles. The van der Waals surface area contributed by atoms with Crippen LogP contribution in [-0.4, -0.2) is 35.0 Å². The molecule has 1 aliphatic rings. The van der Waals surface area contributed by atoms with Gasteiger partial charge in [0.2, 0.25) is 0 Å². The predicted molar refractivity (Wildman–Crippen MR) is 123 cm³/mol. The molecule has 1 aromatic carbocycles. The highest BCUT2D eigenvalue weighted by Crippen LogP contribution is 2.24. The van der Waals surface area contributed by atoms with E-state index in [9.17, 15) is 4.79 Å². The second kappa shape index (κ2) is 10.0. The van der Waals surface area contributed by atoms with Crippen molar-refractivity contribution in [2.24, 2.45) is 5.10 Å². The summed E-state index contributed by atoms with van der Waals surface area (Å²) in [6.07, 6.45) is 10.1. The Hall–Kier alpha value is -2.92. The predicted octanol–water partition coefficient (Wildman–Crippen LogP) is 3.67. The van der Waals surface area contributed by atoms with Crippen molar-refractivity contribution in [1.82, 2.24) is 9.76 Å². The van der Waals surface area contributed by atoms with Crippen LogP contribution in [0.25, 0.3) is 0 Å². The van der Waals surface area contributed by atoms with E-state index in [-0.39, 0.29) is 5.91 Å². The van der Waals surface area contributed by atoms with Gasteiger partial charge in [-0.3, -0.25) is 9.57 Å². The standard InChI is InChI=1S/C21H27N6OP/c1-2-11-27(29)24-10-9-16-14-17(15-23-20(16)26-12-3-4-13-26)21(28)25-19-7-5-18(22)6-8-19/h2,5-8,10-11,14-15H,3-4,9,12-13,22,29H2,1H3,(H,25,28)/b11-2-,24-10-. The van der Waals surface area contributed by atoms with Gasteiger partial charge in [0.15, 0.2) is 0 Å². The molecule has 0 spiro atoms. The third-order valence-corrected chi connectivity index (χ3v) is 4.91. The lowest BCUT2D eigenvalue weighted by Crippen LogP contribution is -2.22. The van der Waals surface area contributed by atoms with Crippen LogP contribution in [0, 0.1) is 0 Å². The van der Waals surface area contributed by atoms with Gasteiger partial charge < -0.3 is 16.0 Å². The van der Waals surface area contributed by atoms with Gasteiger partial charge in [-0.05, 0) is 59.5 Å². The van der Waals surface area contributed by atoms with Crippen LogP contribution in [0.15, 0.2) is 53.9 Å².